The van der Waals surface area contributed by atoms with Gasteiger partial charge in [-0.25, -0.2) is 4.98 Å². The number of ether oxygens (including phenoxy) is 1. The van der Waals surface area contributed by atoms with Crippen LogP contribution in [0.2, 0.25) is 0 Å². The smallest absolute Gasteiger partial charge is 0.152 e. The van der Waals surface area contributed by atoms with Crippen LogP contribution in [0.15, 0.2) is 12.1 Å². The molecule has 1 N–H and O–H groups in total. The molecule has 2 heterocycles. The molecule has 1 aliphatic rings. The van der Waals surface area contributed by atoms with E-state index in [-0.39, 0.29) is 0 Å². The number of fused-ring (bicyclic) bond motifs is 1. The van der Waals surface area contributed by atoms with Crippen LogP contribution in [-0.4, -0.2) is 38.3 Å². The highest BCUT2D eigenvalue weighted by atomic mass is 16.5. The molecule has 0 aliphatic carbocycles. The van der Waals surface area contributed by atoms with Crippen LogP contribution >= 0.6 is 0 Å². The molecule has 0 fully saturated rings. The topological polar surface area (TPSA) is 37.4 Å². The maximum Gasteiger partial charge on any atom is 0.152 e. The summed E-state index contributed by atoms with van der Waals surface area (Å²) in [7, 11) is 1.73. The average Bonchev–Trinajstić information content (AvgIpc) is 2.26. The fourth-order valence-corrected chi connectivity index (χ4v) is 1.77. The summed E-state index contributed by atoms with van der Waals surface area (Å²) in [5.74, 6) is 1.05. The highest BCUT2D eigenvalue weighted by molar-refractivity contribution is 5.68. The number of nitrogens with one attached hydrogen (secondary N) is 1. The summed E-state index contributed by atoms with van der Waals surface area (Å²) < 4.78 is 5.10. The van der Waals surface area contributed by atoms with Crippen molar-refractivity contribution >= 4 is 11.5 Å². The summed E-state index contributed by atoms with van der Waals surface area (Å²) in [4.78, 5) is 6.82. The zero-order valence-corrected chi connectivity index (χ0v) is 9.29. The normalized spacial score (nSPS) is 14.7. The van der Waals surface area contributed by atoms with Gasteiger partial charge in [0.05, 0.1) is 12.3 Å². The van der Waals surface area contributed by atoms with Crippen molar-refractivity contribution in [3.63, 3.8) is 0 Å². The van der Waals surface area contributed by atoms with Crippen molar-refractivity contribution in [3.05, 3.63) is 17.8 Å². The number of pyridine rings is 1. The molecule has 0 bridgehead atoms. The summed E-state index contributed by atoms with van der Waals surface area (Å²) in [5.41, 5.74) is 2.18. The van der Waals surface area contributed by atoms with E-state index in [0.717, 1.165) is 43.4 Å². The van der Waals surface area contributed by atoms with Gasteiger partial charge >= 0.3 is 0 Å². The minimum atomic E-state index is 0.745. The molecular formula is C11H17N3O. The molecule has 4 nitrogen and oxygen atoms in total. The van der Waals surface area contributed by atoms with Crippen LogP contribution in [-0.2, 0) is 4.74 Å². The van der Waals surface area contributed by atoms with Gasteiger partial charge in [0.25, 0.3) is 0 Å². The van der Waals surface area contributed by atoms with Gasteiger partial charge in [0.2, 0.25) is 0 Å². The van der Waals surface area contributed by atoms with Crippen molar-refractivity contribution in [2.75, 3.05) is 43.6 Å². The molecule has 0 amide bonds. The van der Waals surface area contributed by atoms with Gasteiger partial charge in [0.15, 0.2) is 5.82 Å². The molecule has 2 rings (SSSR count). The van der Waals surface area contributed by atoms with Gasteiger partial charge in [-0.2, -0.15) is 0 Å². The molecule has 0 saturated heterocycles. The highest BCUT2D eigenvalue weighted by Crippen LogP contribution is 2.26. The second kappa shape index (κ2) is 4.49. The lowest BCUT2D eigenvalue weighted by molar-refractivity contribution is 0.205. The molecule has 15 heavy (non-hydrogen) atoms. The number of hydrogen-bond donors (Lipinski definition) is 1. The molecule has 0 unspecified atom stereocenters. The van der Waals surface area contributed by atoms with Crippen LogP contribution in [0, 0.1) is 6.92 Å². The van der Waals surface area contributed by atoms with Gasteiger partial charge in [-0.3, -0.25) is 0 Å². The first-order chi connectivity index (χ1) is 7.31. The number of aryl methyl sites for hydroxylation is 1. The monoisotopic (exact) mass is 207 g/mol. The van der Waals surface area contributed by atoms with Crippen LogP contribution in [0.4, 0.5) is 11.5 Å². The third-order valence-corrected chi connectivity index (χ3v) is 2.58. The Morgan fingerprint density at radius 2 is 2.40 bits per heavy atom. The number of anilines is 2. The molecular weight excluding hydrogens is 190 g/mol. The summed E-state index contributed by atoms with van der Waals surface area (Å²) in [6.07, 6.45) is 0. The van der Waals surface area contributed by atoms with E-state index in [9.17, 15) is 0 Å². The van der Waals surface area contributed by atoms with Crippen LogP contribution < -0.4 is 10.2 Å². The summed E-state index contributed by atoms with van der Waals surface area (Å²) >= 11 is 0. The Bertz CT molecular complexity index is 341. The fraction of sp³-hybridized carbons (Fsp3) is 0.545. The third-order valence-electron chi connectivity index (χ3n) is 2.58. The molecule has 1 aromatic rings. The Kier molecular flexibility index (Phi) is 3.06. The second-order valence-corrected chi connectivity index (χ2v) is 3.73. The minimum Gasteiger partial charge on any atom is -0.383 e. The van der Waals surface area contributed by atoms with Crippen molar-refractivity contribution in [1.82, 2.24) is 4.98 Å². The van der Waals surface area contributed by atoms with E-state index in [1.807, 2.05) is 13.0 Å². The van der Waals surface area contributed by atoms with E-state index in [1.165, 1.54) is 0 Å². The third kappa shape index (κ3) is 2.21. The Hall–Kier alpha value is -1.29. The predicted molar refractivity (Wildman–Crippen MR) is 61.6 cm³/mol. The van der Waals surface area contributed by atoms with Crippen LogP contribution in [0.1, 0.15) is 5.69 Å². The van der Waals surface area contributed by atoms with E-state index in [0.29, 0.717) is 0 Å². The van der Waals surface area contributed by atoms with Crippen molar-refractivity contribution in [1.29, 1.82) is 0 Å². The number of rotatable bonds is 3. The van der Waals surface area contributed by atoms with Crippen LogP contribution in [0.5, 0.6) is 0 Å². The Labute approximate surface area is 90.3 Å². The van der Waals surface area contributed by atoms with Gasteiger partial charge in [0, 0.05) is 32.4 Å². The van der Waals surface area contributed by atoms with Crippen molar-refractivity contribution < 1.29 is 4.74 Å². The first-order valence-electron chi connectivity index (χ1n) is 5.26. The largest absolute Gasteiger partial charge is 0.383 e. The minimum absolute atomic E-state index is 0.745. The van der Waals surface area contributed by atoms with Gasteiger partial charge in [-0.1, -0.05) is 0 Å². The van der Waals surface area contributed by atoms with Gasteiger partial charge in [0.1, 0.15) is 0 Å². The first kappa shape index (κ1) is 10.2. The summed E-state index contributed by atoms with van der Waals surface area (Å²) in [5, 5.41) is 3.35. The first-order valence-corrected chi connectivity index (χ1v) is 5.26. The van der Waals surface area contributed by atoms with Gasteiger partial charge in [-0.15, -0.1) is 0 Å². The zero-order valence-electron chi connectivity index (χ0n) is 9.29. The molecule has 0 spiro atoms. The molecule has 4 heteroatoms. The average molecular weight is 207 g/mol. The molecule has 1 aliphatic heterocycles. The quantitative estimate of drug-likeness (QED) is 0.810. The van der Waals surface area contributed by atoms with Crippen molar-refractivity contribution in [2.24, 2.45) is 0 Å². The molecule has 0 radical (unpaired) electrons. The molecule has 1 aromatic heterocycles. The van der Waals surface area contributed by atoms with E-state index in [4.69, 9.17) is 4.74 Å². The highest BCUT2D eigenvalue weighted by Gasteiger charge is 2.17. The second-order valence-electron chi connectivity index (χ2n) is 3.73. The SMILES string of the molecule is COCCN1CCNc2ccc(C)nc21. The van der Waals surface area contributed by atoms with Gasteiger partial charge in [-0.05, 0) is 19.1 Å². The van der Waals surface area contributed by atoms with E-state index in [2.05, 4.69) is 21.3 Å². The van der Waals surface area contributed by atoms with E-state index in [1.54, 1.807) is 7.11 Å². The van der Waals surface area contributed by atoms with Crippen LogP contribution in [0.3, 0.4) is 0 Å². The van der Waals surface area contributed by atoms with Gasteiger partial charge < -0.3 is 15.0 Å². The predicted octanol–water partition coefficient (Wildman–Crippen LogP) is 1.27. The Morgan fingerprint density at radius 1 is 1.53 bits per heavy atom. The molecule has 0 atom stereocenters. The van der Waals surface area contributed by atoms with Crippen molar-refractivity contribution in [3.8, 4) is 0 Å². The fourth-order valence-electron chi connectivity index (χ4n) is 1.77. The molecule has 82 valence electrons. The van der Waals surface area contributed by atoms with Crippen LogP contribution in [0.25, 0.3) is 0 Å². The summed E-state index contributed by atoms with van der Waals surface area (Å²) in [6, 6.07) is 4.13. The maximum atomic E-state index is 5.10. The number of nitrogens with zero attached hydrogens (tertiary/aromatic N) is 2. The van der Waals surface area contributed by atoms with E-state index < -0.39 is 0 Å². The number of aromatic nitrogens is 1. The lowest BCUT2D eigenvalue weighted by Gasteiger charge is -2.30. The Balaban J connectivity index is 2.20. The molecule has 0 saturated carbocycles. The number of hydrogen-bond acceptors (Lipinski definition) is 4. The van der Waals surface area contributed by atoms with Crippen molar-refractivity contribution in [2.45, 2.75) is 6.92 Å². The van der Waals surface area contributed by atoms with E-state index >= 15 is 0 Å². The lowest BCUT2D eigenvalue weighted by atomic mass is 10.2. The number of methoxy groups -OCH3 is 1. The molecule has 0 aromatic carbocycles. The lowest BCUT2D eigenvalue weighted by Crippen LogP contribution is -2.37. The zero-order chi connectivity index (χ0) is 10.7. The maximum absolute atomic E-state index is 5.10. The Morgan fingerprint density at radius 3 is 3.20 bits per heavy atom. The standard InChI is InChI=1S/C11H17N3O/c1-9-3-4-10-11(13-9)14(6-5-12-10)7-8-15-2/h3-4,12H,5-8H2,1-2H3. The summed E-state index contributed by atoms with van der Waals surface area (Å²) in [6.45, 7) is 5.63.